The lowest BCUT2D eigenvalue weighted by Gasteiger charge is -2.21. The van der Waals surface area contributed by atoms with E-state index in [0.29, 0.717) is 0 Å². The maximum absolute atomic E-state index is 11.5. The first-order chi connectivity index (χ1) is 7.80. The first-order valence-corrected chi connectivity index (χ1v) is 5.16. The Morgan fingerprint density at radius 3 is 2.35 bits per heavy atom. The Labute approximate surface area is 101 Å². The van der Waals surface area contributed by atoms with Gasteiger partial charge in [0, 0.05) is 0 Å². The van der Waals surface area contributed by atoms with Gasteiger partial charge in [0.25, 0.3) is 0 Å². The maximum Gasteiger partial charge on any atom is 0.408 e. The molecule has 0 rings (SSSR count). The van der Waals surface area contributed by atoms with E-state index >= 15 is 0 Å². The summed E-state index contributed by atoms with van der Waals surface area (Å²) in [5, 5.41) is 2.39. The van der Waals surface area contributed by atoms with E-state index in [1.165, 1.54) is 19.3 Å². The molecule has 0 aromatic heterocycles. The van der Waals surface area contributed by atoms with Gasteiger partial charge in [-0.1, -0.05) is 24.8 Å². The molecule has 0 radical (unpaired) electrons. The van der Waals surface area contributed by atoms with E-state index in [1.807, 2.05) is 0 Å². The van der Waals surface area contributed by atoms with Crippen molar-refractivity contribution in [2.24, 2.45) is 0 Å². The summed E-state index contributed by atoms with van der Waals surface area (Å²) >= 11 is 0. The Hall–Kier alpha value is -1.78. The Morgan fingerprint density at radius 1 is 1.35 bits per heavy atom. The Balaban J connectivity index is 4.53. The smallest absolute Gasteiger partial charge is 0.408 e. The second-order valence-corrected chi connectivity index (χ2v) is 4.27. The summed E-state index contributed by atoms with van der Waals surface area (Å²) in [5.41, 5.74) is -0.618. The van der Waals surface area contributed by atoms with E-state index in [-0.39, 0.29) is 0 Å². The van der Waals surface area contributed by atoms with Crippen molar-refractivity contribution in [3.05, 3.63) is 24.8 Å². The van der Waals surface area contributed by atoms with Gasteiger partial charge in [-0.05, 0) is 20.8 Å². The largest absolute Gasteiger partial charge is 0.467 e. The molecule has 0 heterocycles. The van der Waals surface area contributed by atoms with Gasteiger partial charge in [0.1, 0.15) is 11.6 Å². The number of amides is 1. The van der Waals surface area contributed by atoms with Crippen LogP contribution in [-0.4, -0.2) is 30.8 Å². The van der Waals surface area contributed by atoms with Crippen LogP contribution in [0.5, 0.6) is 0 Å². The Bertz CT molecular complexity index is 315. The molecule has 5 nitrogen and oxygen atoms in total. The average molecular weight is 241 g/mol. The minimum atomic E-state index is -0.882. The van der Waals surface area contributed by atoms with Crippen molar-refractivity contribution in [3.8, 4) is 0 Å². The molecule has 1 N–H and O–H groups in total. The van der Waals surface area contributed by atoms with E-state index < -0.39 is 23.7 Å². The molecule has 1 unspecified atom stereocenters. The Morgan fingerprint density at radius 2 is 1.94 bits per heavy atom. The highest BCUT2D eigenvalue weighted by Crippen LogP contribution is 2.07. The van der Waals surface area contributed by atoms with Crippen molar-refractivity contribution in [2.45, 2.75) is 32.4 Å². The quantitative estimate of drug-likeness (QED) is 0.602. The number of hydrogen-bond acceptors (Lipinski definition) is 4. The standard InChI is InChI=1S/C12H19NO4/c1-6-7-8-9(10(14)16-5)13-11(15)17-12(2,3)4/h6-9H,1H2,2-5H3,(H,13,15)/b8-7+. The van der Waals surface area contributed by atoms with Crippen molar-refractivity contribution in [2.75, 3.05) is 7.11 Å². The zero-order valence-electron chi connectivity index (χ0n) is 10.6. The van der Waals surface area contributed by atoms with Crippen LogP contribution >= 0.6 is 0 Å². The van der Waals surface area contributed by atoms with Gasteiger partial charge < -0.3 is 14.8 Å². The summed E-state index contributed by atoms with van der Waals surface area (Å²) in [7, 11) is 1.24. The minimum absolute atomic E-state index is 0.575. The van der Waals surface area contributed by atoms with Gasteiger partial charge in [0.15, 0.2) is 0 Å². The van der Waals surface area contributed by atoms with Gasteiger partial charge in [-0.15, -0.1) is 0 Å². The number of alkyl carbamates (subject to hydrolysis) is 1. The van der Waals surface area contributed by atoms with E-state index in [0.717, 1.165) is 0 Å². The summed E-state index contributed by atoms with van der Waals surface area (Å²) in [6.45, 7) is 8.68. The lowest BCUT2D eigenvalue weighted by atomic mass is 10.2. The third-order valence-corrected chi connectivity index (χ3v) is 1.57. The van der Waals surface area contributed by atoms with E-state index in [1.54, 1.807) is 26.8 Å². The van der Waals surface area contributed by atoms with Crippen LogP contribution in [0.2, 0.25) is 0 Å². The zero-order chi connectivity index (χ0) is 13.5. The maximum atomic E-state index is 11.5. The van der Waals surface area contributed by atoms with Crippen molar-refractivity contribution in [1.82, 2.24) is 5.32 Å². The molecule has 0 bridgehead atoms. The second kappa shape index (κ2) is 6.73. The van der Waals surface area contributed by atoms with Crippen LogP contribution in [-0.2, 0) is 14.3 Å². The third kappa shape index (κ3) is 7.16. The van der Waals surface area contributed by atoms with Crippen molar-refractivity contribution in [3.63, 3.8) is 0 Å². The molecule has 0 aliphatic rings. The number of carbonyl (C=O) groups is 2. The molecular formula is C12H19NO4. The molecular weight excluding hydrogens is 222 g/mol. The van der Waals surface area contributed by atoms with Crippen molar-refractivity contribution in [1.29, 1.82) is 0 Å². The molecule has 0 spiro atoms. The third-order valence-electron chi connectivity index (χ3n) is 1.57. The minimum Gasteiger partial charge on any atom is -0.467 e. The molecule has 17 heavy (non-hydrogen) atoms. The Kier molecular flexibility index (Phi) is 6.02. The van der Waals surface area contributed by atoms with Gasteiger partial charge in [-0.3, -0.25) is 0 Å². The molecule has 1 amide bonds. The van der Waals surface area contributed by atoms with Gasteiger partial charge >= 0.3 is 12.1 Å². The fourth-order valence-corrected chi connectivity index (χ4v) is 0.937. The molecule has 96 valence electrons. The normalized spacial score (nSPS) is 12.9. The first-order valence-electron chi connectivity index (χ1n) is 5.16. The van der Waals surface area contributed by atoms with Crippen LogP contribution in [0.3, 0.4) is 0 Å². The topological polar surface area (TPSA) is 64.6 Å². The molecule has 0 aliphatic carbocycles. The summed E-state index contributed by atoms with van der Waals surface area (Å²) in [6.07, 6.45) is 3.82. The molecule has 1 atom stereocenters. The number of hydrogen-bond donors (Lipinski definition) is 1. The number of rotatable bonds is 4. The van der Waals surface area contributed by atoms with Gasteiger partial charge in [0.2, 0.25) is 0 Å². The highest BCUT2D eigenvalue weighted by Gasteiger charge is 2.22. The van der Waals surface area contributed by atoms with Gasteiger partial charge in [0.05, 0.1) is 7.11 Å². The summed E-state index contributed by atoms with van der Waals surface area (Å²) in [6, 6.07) is -0.882. The summed E-state index contributed by atoms with van der Waals surface area (Å²) in [5.74, 6) is -0.575. The van der Waals surface area contributed by atoms with Crippen LogP contribution in [0.15, 0.2) is 24.8 Å². The van der Waals surface area contributed by atoms with Crippen LogP contribution in [0.4, 0.5) is 4.79 Å². The fourth-order valence-electron chi connectivity index (χ4n) is 0.937. The van der Waals surface area contributed by atoms with Crippen molar-refractivity contribution < 1.29 is 19.1 Å². The van der Waals surface area contributed by atoms with Crippen LogP contribution in [0.1, 0.15) is 20.8 Å². The number of allylic oxidation sites excluding steroid dienone is 2. The molecule has 0 saturated heterocycles. The summed E-state index contributed by atoms with van der Waals surface area (Å²) in [4.78, 5) is 22.8. The lowest BCUT2D eigenvalue weighted by molar-refractivity contribution is -0.141. The number of carbonyl (C=O) groups excluding carboxylic acids is 2. The molecule has 0 aromatic carbocycles. The molecule has 0 aliphatic heterocycles. The number of methoxy groups -OCH3 is 1. The first kappa shape index (κ1) is 15.2. The average Bonchev–Trinajstić information content (AvgIpc) is 2.20. The predicted octanol–water partition coefficient (Wildman–Crippen LogP) is 1.79. The number of esters is 1. The highest BCUT2D eigenvalue weighted by atomic mass is 16.6. The van der Waals surface area contributed by atoms with E-state index in [9.17, 15) is 9.59 Å². The van der Waals surface area contributed by atoms with E-state index in [2.05, 4.69) is 16.6 Å². The van der Waals surface area contributed by atoms with Gasteiger partial charge in [-0.2, -0.15) is 0 Å². The monoisotopic (exact) mass is 241 g/mol. The van der Waals surface area contributed by atoms with Crippen LogP contribution < -0.4 is 5.32 Å². The fraction of sp³-hybridized carbons (Fsp3) is 0.500. The van der Waals surface area contributed by atoms with Crippen LogP contribution in [0.25, 0.3) is 0 Å². The molecule has 5 heteroatoms. The molecule has 0 aromatic rings. The number of ether oxygens (including phenoxy) is 2. The van der Waals surface area contributed by atoms with E-state index in [4.69, 9.17) is 4.74 Å². The molecule has 0 fully saturated rings. The predicted molar refractivity (Wildman–Crippen MR) is 64.5 cm³/mol. The zero-order valence-corrected chi connectivity index (χ0v) is 10.6. The number of nitrogens with one attached hydrogen (secondary N) is 1. The van der Waals surface area contributed by atoms with Gasteiger partial charge in [-0.25, -0.2) is 9.59 Å². The highest BCUT2D eigenvalue weighted by molar-refractivity contribution is 5.83. The SMILES string of the molecule is C=C/C=C/C(NC(=O)OC(C)(C)C)C(=O)OC. The summed E-state index contributed by atoms with van der Waals surface area (Å²) < 4.78 is 9.57. The van der Waals surface area contributed by atoms with Crippen molar-refractivity contribution >= 4 is 12.1 Å². The van der Waals surface area contributed by atoms with Crippen LogP contribution in [0, 0.1) is 0 Å². The molecule has 0 saturated carbocycles. The lowest BCUT2D eigenvalue weighted by Crippen LogP contribution is -2.42. The second-order valence-electron chi connectivity index (χ2n) is 4.27.